The minimum atomic E-state index is -0.0835. The normalized spacial score (nSPS) is 23.7. The molecule has 2 N–H and O–H groups in total. The number of aliphatic hydroxyl groups is 1. The van der Waals surface area contributed by atoms with E-state index in [-0.39, 0.29) is 24.8 Å². The largest absolute Gasteiger partial charge is 0.395 e. The predicted octanol–water partition coefficient (Wildman–Crippen LogP) is 1.36. The quantitative estimate of drug-likeness (QED) is 0.756. The molecule has 0 spiro atoms. The fraction of sp³-hybridized carbons (Fsp3) is 0.923. The molecule has 0 aromatic rings. The maximum Gasteiger partial charge on any atom is 0.317 e. The predicted molar refractivity (Wildman–Crippen MR) is 70.5 cm³/mol. The van der Waals surface area contributed by atoms with Crippen molar-refractivity contribution in [1.82, 2.24) is 10.2 Å². The summed E-state index contributed by atoms with van der Waals surface area (Å²) in [6.45, 7) is 3.10. The number of urea groups is 1. The molecule has 18 heavy (non-hydrogen) atoms. The second kappa shape index (κ2) is 8.32. The molecule has 0 aromatic carbocycles. The van der Waals surface area contributed by atoms with Crippen molar-refractivity contribution in [2.75, 3.05) is 26.8 Å². The molecular formula is C13H26N2O3. The zero-order valence-corrected chi connectivity index (χ0v) is 11.5. The highest BCUT2D eigenvalue weighted by molar-refractivity contribution is 5.74. The van der Waals surface area contributed by atoms with E-state index in [0.717, 1.165) is 25.7 Å². The van der Waals surface area contributed by atoms with Crippen LogP contribution in [0.3, 0.4) is 0 Å². The van der Waals surface area contributed by atoms with Gasteiger partial charge < -0.3 is 20.1 Å². The molecule has 0 bridgehead atoms. The molecule has 1 aliphatic rings. The van der Waals surface area contributed by atoms with Crippen LogP contribution in [0.2, 0.25) is 0 Å². The van der Waals surface area contributed by atoms with Crippen LogP contribution in [-0.2, 0) is 4.74 Å². The van der Waals surface area contributed by atoms with Gasteiger partial charge in [-0.2, -0.15) is 0 Å². The number of methoxy groups -OCH3 is 1. The Kier molecular flexibility index (Phi) is 7.05. The maximum absolute atomic E-state index is 12.1. The third-order valence-corrected chi connectivity index (χ3v) is 3.46. The molecule has 5 heteroatoms. The minimum Gasteiger partial charge on any atom is -0.395 e. The van der Waals surface area contributed by atoms with E-state index in [1.54, 1.807) is 12.0 Å². The van der Waals surface area contributed by atoms with Crippen LogP contribution in [0, 0.1) is 0 Å². The Hall–Kier alpha value is -0.810. The zero-order chi connectivity index (χ0) is 13.4. The van der Waals surface area contributed by atoms with E-state index in [2.05, 4.69) is 5.32 Å². The fourth-order valence-electron chi connectivity index (χ4n) is 2.50. The van der Waals surface area contributed by atoms with Gasteiger partial charge in [0.05, 0.1) is 18.8 Å². The number of carbonyl (C=O) groups is 1. The Balaban J connectivity index is 2.49. The fourth-order valence-corrected chi connectivity index (χ4v) is 2.50. The van der Waals surface area contributed by atoms with Gasteiger partial charge in [-0.05, 0) is 19.3 Å². The second-order valence-corrected chi connectivity index (χ2v) is 4.83. The Labute approximate surface area is 109 Å². The van der Waals surface area contributed by atoms with Gasteiger partial charge >= 0.3 is 6.03 Å². The molecule has 0 radical (unpaired) electrons. The number of nitrogens with one attached hydrogen (secondary N) is 1. The van der Waals surface area contributed by atoms with Gasteiger partial charge in [-0.3, -0.25) is 0 Å². The number of ether oxygens (including phenoxy) is 1. The number of amides is 2. The first-order valence-corrected chi connectivity index (χ1v) is 6.92. The summed E-state index contributed by atoms with van der Waals surface area (Å²) in [4.78, 5) is 13.8. The van der Waals surface area contributed by atoms with Crippen molar-refractivity contribution >= 4 is 6.03 Å². The molecule has 5 nitrogen and oxygen atoms in total. The summed E-state index contributed by atoms with van der Waals surface area (Å²) in [7, 11) is 1.70. The lowest BCUT2D eigenvalue weighted by Crippen LogP contribution is -2.51. The number of rotatable bonds is 6. The number of hydrogen-bond acceptors (Lipinski definition) is 3. The summed E-state index contributed by atoms with van der Waals surface area (Å²) >= 11 is 0. The van der Waals surface area contributed by atoms with Crippen LogP contribution in [0.4, 0.5) is 4.79 Å². The summed E-state index contributed by atoms with van der Waals surface area (Å²) in [5, 5.41) is 12.0. The van der Waals surface area contributed by atoms with Crippen molar-refractivity contribution in [2.45, 2.75) is 51.2 Å². The van der Waals surface area contributed by atoms with Crippen molar-refractivity contribution in [3.8, 4) is 0 Å². The van der Waals surface area contributed by atoms with E-state index in [1.165, 1.54) is 6.42 Å². The Morgan fingerprint density at radius 3 is 2.72 bits per heavy atom. The van der Waals surface area contributed by atoms with Crippen molar-refractivity contribution in [1.29, 1.82) is 0 Å². The van der Waals surface area contributed by atoms with Crippen LogP contribution in [-0.4, -0.2) is 55.0 Å². The number of hydrogen-bond donors (Lipinski definition) is 2. The molecule has 1 saturated carbocycles. The van der Waals surface area contributed by atoms with Gasteiger partial charge in [0.2, 0.25) is 0 Å². The smallest absolute Gasteiger partial charge is 0.317 e. The van der Waals surface area contributed by atoms with Crippen molar-refractivity contribution in [2.24, 2.45) is 0 Å². The van der Waals surface area contributed by atoms with E-state index in [1.807, 2.05) is 6.92 Å². The molecule has 0 saturated heterocycles. The monoisotopic (exact) mass is 258 g/mol. The third kappa shape index (κ3) is 4.46. The maximum atomic E-state index is 12.1. The van der Waals surface area contributed by atoms with Crippen LogP contribution in [0.5, 0.6) is 0 Å². The van der Waals surface area contributed by atoms with Gasteiger partial charge in [0.1, 0.15) is 0 Å². The van der Waals surface area contributed by atoms with Crippen LogP contribution in [0.1, 0.15) is 39.0 Å². The number of carbonyl (C=O) groups excluding carboxylic acids is 1. The summed E-state index contributed by atoms with van der Waals surface area (Å²) in [6.07, 6.45) is 5.31. The van der Waals surface area contributed by atoms with E-state index < -0.39 is 0 Å². The molecule has 2 atom stereocenters. The highest BCUT2D eigenvalue weighted by Crippen LogP contribution is 2.20. The molecule has 0 aliphatic heterocycles. The summed E-state index contributed by atoms with van der Waals surface area (Å²) in [5.74, 6) is 0. The first-order chi connectivity index (χ1) is 8.72. The SMILES string of the molecule is CCCN(CCO)C(=O)NC1CCCCC1OC. The Morgan fingerprint density at radius 1 is 1.39 bits per heavy atom. The zero-order valence-electron chi connectivity index (χ0n) is 11.5. The van der Waals surface area contributed by atoms with E-state index in [0.29, 0.717) is 13.1 Å². The van der Waals surface area contributed by atoms with E-state index >= 15 is 0 Å². The van der Waals surface area contributed by atoms with Crippen molar-refractivity contribution < 1.29 is 14.6 Å². The molecule has 2 unspecified atom stereocenters. The lowest BCUT2D eigenvalue weighted by molar-refractivity contribution is 0.0427. The Bertz CT molecular complexity index is 242. The van der Waals surface area contributed by atoms with E-state index in [4.69, 9.17) is 9.84 Å². The molecule has 0 aromatic heterocycles. The van der Waals surface area contributed by atoms with Crippen LogP contribution < -0.4 is 5.32 Å². The molecule has 1 aliphatic carbocycles. The lowest BCUT2D eigenvalue weighted by Gasteiger charge is -2.33. The topological polar surface area (TPSA) is 61.8 Å². The highest BCUT2D eigenvalue weighted by Gasteiger charge is 2.27. The van der Waals surface area contributed by atoms with Gasteiger partial charge in [-0.15, -0.1) is 0 Å². The van der Waals surface area contributed by atoms with Gasteiger partial charge in [0, 0.05) is 20.2 Å². The minimum absolute atomic E-state index is 0.00575. The molecular weight excluding hydrogens is 232 g/mol. The van der Waals surface area contributed by atoms with Crippen LogP contribution in [0.25, 0.3) is 0 Å². The van der Waals surface area contributed by atoms with Gasteiger partial charge in [-0.1, -0.05) is 19.8 Å². The third-order valence-electron chi connectivity index (χ3n) is 3.46. The van der Waals surface area contributed by atoms with Crippen molar-refractivity contribution in [3.05, 3.63) is 0 Å². The molecule has 106 valence electrons. The molecule has 1 rings (SSSR count). The summed E-state index contributed by atoms with van der Waals surface area (Å²) in [5.41, 5.74) is 0. The average molecular weight is 258 g/mol. The standard InChI is InChI=1S/C13H26N2O3/c1-3-8-15(9-10-16)13(17)14-11-6-4-5-7-12(11)18-2/h11-12,16H,3-10H2,1-2H3,(H,14,17). The molecule has 1 fully saturated rings. The van der Waals surface area contributed by atoms with E-state index in [9.17, 15) is 4.79 Å². The van der Waals surface area contributed by atoms with Crippen LogP contribution in [0.15, 0.2) is 0 Å². The number of nitrogens with zero attached hydrogens (tertiary/aromatic N) is 1. The number of aliphatic hydroxyl groups excluding tert-OH is 1. The lowest BCUT2D eigenvalue weighted by atomic mass is 9.92. The first-order valence-electron chi connectivity index (χ1n) is 6.92. The van der Waals surface area contributed by atoms with Crippen molar-refractivity contribution in [3.63, 3.8) is 0 Å². The van der Waals surface area contributed by atoms with Gasteiger partial charge in [-0.25, -0.2) is 4.79 Å². The Morgan fingerprint density at radius 2 is 2.11 bits per heavy atom. The van der Waals surface area contributed by atoms with Gasteiger partial charge in [0.25, 0.3) is 0 Å². The second-order valence-electron chi connectivity index (χ2n) is 4.83. The van der Waals surface area contributed by atoms with Gasteiger partial charge in [0.15, 0.2) is 0 Å². The average Bonchev–Trinajstić information content (AvgIpc) is 2.39. The highest BCUT2D eigenvalue weighted by atomic mass is 16.5. The molecule has 0 heterocycles. The molecule has 2 amide bonds. The summed E-state index contributed by atoms with van der Waals surface area (Å²) < 4.78 is 5.42. The summed E-state index contributed by atoms with van der Waals surface area (Å²) in [6, 6.07) is 0.0224. The van der Waals surface area contributed by atoms with Crippen LogP contribution >= 0.6 is 0 Å². The first kappa shape index (κ1) is 15.2.